The van der Waals surface area contributed by atoms with Gasteiger partial charge in [-0.05, 0) is 33.2 Å². The molecule has 2 aliphatic rings. The fourth-order valence-corrected chi connectivity index (χ4v) is 18.6. The van der Waals surface area contributed by atoms with E-state index >= 15 is 0 Å². The zero-order valence-electron chi connectivity index (χ0n) is 28.3. The van der Waals surface area contributed by atoms with E-state index in [-0.39, 0.29) is 48.2 Å². The third-order valence-electron chi connectivity index (χ3n) is 9.59. The van der Waals surface area contributed by atoms with Crippen molar-refractivity contribution >= 4 is 28.5 Å². The van der Waals surface area contributed by atoms with Crippen molar-refractivity contribution in [3.05, 3.63) is 10.1 Å². The molecule has 2 rings (SSSR count). The number of hydrogen-bond acceptors (Lipinski definition) is 8. The summed E-state index contributed by atoms with van der Waals surface area (Å²) in [7, 11) is -3.97. The highest BCUT2D eigenvalue weighted by atomic mass is 28.4. The van der Waals surface area contributed by atoms with E-state index in [1.807, 2.05) is 0 Å². The first-order valence-electron chi connectivity index (χ1n) is 15.9. The molecule has 0 bridgehead atoms. The molecule has 0 aromatic rings. The van der Waals surface area contributed by atoms with E-state index in [9.17, 15) is 24.8 Å². The van der Waals surface area contributed by atoms with Crippen LogP contribution in [0.25, 0.3) is 0 Å². The summed E-state index contributed by atoms with van der Waals surface area (Å²) in [6, 6.07) is 0. The number of amides is 1. The second-order valence-corrected chi connectivity index (χ2v) is 25.0. The lowest BCUT2D eigenvalue weighted by atomic mass is 10.0. The number of aliphatic hydroxyl groups is 1. The molecule has 2 N–H and O–H groups in total. The minimum atomic E-state index is -2.05. The van der Waals surface area contributed by atoms with Gasteiger partial charge in [0.05, 0.1) is 31.7 Å². The Balaban J connectivity index is 0.000000422. The Bertz CT molecular complexity index is 838. The molecule has 0 saturated carbocycles. The lowest BCUT2D eigenvalue weighted by Crippen LogP contribution is -2.49. The fourth-order valence-electron chi connectivity index (χ4n) is 7.69. The van der Waals surface area contributed by atoms with Crippen LogP contribution < -0.4 is 5.32 Å². The second-order valence-electron chi connectivity index (χ2n) is 14.1. The molecule has 2 saturated heterocycles. The number of ether oxygens (including phenoxy) is 1. The highest BCUT2D eigenvalue weighted by Gasteiger charge is 2.48. The van der Waals surface area contributed by atoms with Crippen molar-refractivity contribution < 1.29 is 33.2 Å². The minimum Gasteiger partial charge on any atom is -0.459 e. The van der Waals surface area contributed by atoms with Gasteiger partial charge in [0.15, 0.2) is 8.32 Å². The van der Waals surface area contributed by atoms with E-state index in [0.717, 1.165) is 0 Å². The SMILES string of the molecule is CC(C)[Si](OC[C@@H](O)C1CNC(=O)C1)(C(C)C)C(C)C.CC(C)[Si](OC[C@H]1OC(=O)C[C@@H]1C[N+](=O)[O-])(C(C)C)C(C)C. The fraction of sp³-hybridized carbons (Fsp3) is 0.933. The van der Waals surface area contributed by atoms with Gasteiger partial charge < -0.3 is 24.0 Å². The third-order valence-corrected chi connectivity index (χ3v) is 21.8. The van der Waals surface area contributed by atoms with Gasteiger partial charge in [-0.25, -0.2) is 0 Å². The number of carbonyl (C=O) groups excluding carboxylic acids is 2. The summed E-state index contributed by atoms with van der Waals surface area (Å²) in [4.78, 5) is 33.1. The Labute approximate surface area is 256 Å². The zero-order chi connectivity index (χ0) is 32.6. The lowest BCUT2D eigenvalue weighted by molar-refractivity contribution is -0.489. The molecule has 12 heteroatoms. The van der Waals surface area contributed by atoms with Crippen LogP contribution in [0.15, 0.2) is 0 Å². The molecular formula is C30H60N2O8Si2. The van der Waals surface area contributed by atoms with Gasteiger partial charge in [0.2, 0.25) is 20.8 Å². The summed E-state index contributed by atoms with van der Waals surface area (Å²) >= 11 is 0. The van der Waals surface area contributed by atoms with Crippen LogP contribution in [-0.2, 0) is 23.2 Å². The van der Waals surface area contributed by atoms with E-state index in [1.54, 1.807) is 0 Å². The monoisotopic (exact) mass is 632 g/mol. The number of nitro groups is 1. The number of nitrogens with zero attached hydrogens (tertiary/aromatic N) is 1. The number of hydrogen-bond donors (Lipinski definition) is 2. The molecule has 1 amide bonds. The molecule has 2 fully saturated rings. The molecule has 246 valence electrons. The normalized spacial score (nSPS) is 22.3. The average molecular weight is 633 g/mol. The van der Waals surface area contributed by atoms with Gasteiger partial charge in [0.1, 0.15) is 6.10 Å². The van der Waals surface area contributed by atoms with Gasteiger partial charge in [0.25, 0.3) is 0 Å². The van der Waals surface area contributed by atoms with Gasteiger partial charge in [-0.3, -0.25) is 19.7 Å². The van der Waals surface area contributed by atoms with Crippen molar-refractivity contribution in [2.24, 2.45) is 11.8 Å². The largest absolute Gasteiger partial charge is 0.459 e. The molecule has 0 aromatic carbocycles. The molecule has 4 atom stereocenters. The lowest BCUT2D eigenvalue weighted by Gasteiger charge is -2.42. The molecular weight excluding hydrogens is 573 g/mol. The first kappa shape index (κ1) is 38.7. The molecule has 0 aliphatic carbocycles. The van der Waals surface area contributed by atoms with Gasteiger partial charge >= 0.3 is 5.97 Å². The Morgan fingerprint density at radius 2 is 1.31 bits per heavy atom. The number of esters is 1. The number of cyclic esters (lactones) is 1. The molecule has 2 heterocycles. The molecule has 10 nitrogen and oxygen atoms in total. The third kappa shape index (κ3) is 9.58. The summed E-state index contributed by atoms with van der Waals surface area (Å²) < 4.78 is 18.0. The molecule has 0 radical (unpaired) electrons. The summed E-state index contributed by atoms with van der Waals surface area (Å²) in [6.45, 7) is 27.5. The Hall–Kier alpha value is -1.35. The van der Waals surface area contributed by atoms with E-state index < -0.39 is 28.8 Å². The Kier molecular flexibility index (Phi) is 15.3. The first-order valence-corrected chi connectivity index (χ1v) is 20.1. The summed E-state index contributed by atoms with van der Waals surface area (Å²) in [6.07, 6.45) is -0.489. The number of nitrogens with one attached hydrogen (secondary N) is 1. The highest BCUT2D eigenvalue weighted by molar-refractivity contribution is 6.78. The smallest absolute Gasteiger partial charge is 0.306 e. The second kappa shape index (κ2) is 16.6. The summed E-state index contributed by atoms with van der Waals surface area (Å²) in [5, 5.41) is 23.8. The zero-order valence-corrected chi connectivity index (χ0v) is 30.3. The molecule has 42 heavy (non-hydrogen) atoms. The maximum absolute atomic E-state index is 11.5. The maximum atomic E-state index is 11.5. The van der Waals surface area contributed by atoms with Crippen LogP contribution in [0.4, 0.5) is 0 Å². The van der Waals surface area contributed by atoms with Crippen molar-refractivity contribution in [2.45, 2.75) is 141 Å². The first-order chi connectivity index (χ1) is 19.3. The molecule has 1 unspecified atom stereocenters. The predicted molar refractivity (Wildman–Crippen MR) is 171 cm³/mol. The van der Waals surface area contributed by atoms with Crippen LogP contribution in [-0.4, -0.2) is 77.1 Å². The maximum Gasteiger partial charge on any atom is 0.306 e. The summed E-state index contributed by atoms with van der Waals surface area (Å²) in [5.74, 6) is -0.693. The number of rotatable bonds is 15. The van der Waals surface area contributed by atoms with Crippen LogP contribution in [0.5, 0.6) is 0 Å². The van der Waals surface area contributed by atoms with E-state index in [0.29, 0.717) is 52.8 Å². The Morgan fingerprint density at radius 1 is 0.857 bits per heavy atom. The van der Waals surface area contributed by atoms with Gasteiger partial charge in [-0.15, -0.1) is 0 Å². The van der Waals surface area contributed by atoms with Crippen molar-refractivity contribution in [1.82, 2.24) is 5.32 Å². The van der Waals surface area contributed by atoms with Gasteiger partial charge in [-0.2, -0.15) is 0 Å². The van der Waals surface area contributed by atoms with E-state index in [1.165, 1.54) is 0 Å². The standard InChI is InChI=1S/C15H29NO5Si.C15H31NO3Si/c1-10(2)22(11(3)4,12(5)6)20-9-14-13(8-16(18)19)7-15(17)21-14;1-10(2)20(11(3)4,12(5)6)19-9-14(17)13-7-15(18)16-8-13/h10-14H,7-9H2,1-6H3;10-14,17H,7-9H2,1-6H3,(H,16,18)/t13-,14-;13?,14-/m11/s1. The molecule has 0 aromatic heterocycles. The van der Waals surface area contributed by atoms with Gasteiger partial charge in [0, 0.05) is 23.8 Å². The molecule has 2 aliphatic heterocycles. The number of aliphatic hydroxyl groups excluding tert-OH is 1. The van der Waals surface area contributed by atoms with Gasteiger partial charge in [-0.1, -0.05) is 83.1 Å². The molecule has 0 spiro atoms. The quantitative estimate of drug-likeness (QED) is 0.0962. The minimum absolute atomic E-state index is 0.000636. The predicted octanol–water partition coefficient (Wildman–Crippen LogP) is 6.06. The van der Waals surface area contributed by atoms with Crippen molar-refractivity contribution in [3.8, 4) is 0 Å². The summed E-state index contributed by atoms with van der Waals surface area (Å²) in [5.41, 5.74) is 2.82. The van der Waals surface area contributed by atoms with Crippen LogP contribution in [0, 0.1) is 22.0 Å². The van der Waals surface area contributed by atoms with Crippen LogP contribution >= 0.6 is 0 Å². The van der Waals surface area contributed by atoms with E-state index in [4.69, 9.17) is 13.6 Å². The average Bonchev–Trinajstić information content (AvgIpc) is 3.43. The van der Waals surface area contributed by atoms with Crippen LogP contribution in [0.2, 0.25) is 33.2 Å². The highest BCUT2D eigenvalue weighted by Crippen LogP contribution is 2.43. The van der Waals surface area contributed by atoms with Crippen molar-refractivity contribution in [3.63, 3.8) is 0 Å². The van der Waals surface area contributed by atoms with Crippen molar-refractivity contribution in [1.29, 1.82) is 0 Å². The van der Waals surface area contributed by atoms with Crippen LogP contribution in [0.1, 0.15) is 95.9 Å². The van der Waals surface area contributed by atoms with E-state index in [2.05, 4.69) is 88.4 Å². The van der Waals surface area contributed by atoms with Crippen LogP contribution in [0.3, 0.4) is 0 Å². The number of carbonyl (C=O) groups is 2. The Morgan fingerprint density at radius 3 is 1.69 bits per heavy atom. The topological polar surface area (TPSA) is 137 Å². The van der Waals surface area contributed by atoms with Crippen molar-refractivity contribution in [2.75, 3.05) is 26.3 Å².